The molecule has 0 bridgehead atoms. The lowest BCUT2D eigenvalue weighted by Crippen LogP contribution is -2.27. The molecule has 0 saturated heterocycles. The second kappa shape index (κ2) is 24.4. The molecule has 0 unspecified atom stereocenters. The van der Waals surface area contributed by atoms with E-state index < -0.39 is 5.91 Å². The van der Waals surface area contributed by atoms with Gasteiger partial charge in [-0.2, -0.15) is 0 Å². The van der Waals surface area contributed by atoms with E-state index in [-0.39, 0.29) is 11.1 Å². The maximum atomic E-state index is 13.6. The standard InChI is InChI=1S/C35H28N2O6.C20H18N2O3.C2H6/c1-23-16-32(14-12-24(23)21-38)43-33-15-13-25(22-39)34(20-33)35(40)37(2)27-7-4-9-29(18-27)42-31-11-5-10-30(19-31)41-28-8-3-6-26(36)17-28;1-22(14-23)16-6-3-8-18(12-16)25-20-10-4-9-19(13-20)24-17-7-2-5-15(21)11-17;1-2/h3-22H,36H2,1-2H3;2-14H,21H2,1H3;1-2H3. The number of aldehydes is 2. The van der Waals surface area contributed by atoms with Gasteiger partial charge in [0.15, 0.2) is 6.29 Å². The number of benzene rings is 8. The van der Waals surface area contributed by atoms with Crippen molar-refractivity contribution in [2.75, 3.05) is 35.4 Å². The first-order chi connectivity index (χ1) is 34.0. The Hall–Kier alpha value is -9.36. The van der Waals surface area contributed by atoms with Gasteiger partial charge in [-0.15, -0.1) is 0 Å². The van der Waals surface area contributed by atoms with Gasteiger partial charge in [-0.25, -0.2) is 0 Å². The minimum atomic E-state index is -0.408. The van der Waals surface area contributed by atoms with Gasteiger partial charge in [0.1, 0.15) is 63.8 Å². The first kappa shape index (κ1) is 50.1. The van der Waals surface area contributed by atoms with Crippen molar-refractivity contribution < 1.29 is 42.9 Å². The number of hydrogen-bond acceptors (Lipinski definition) is 11. The molecule has 0 aliphatic heterocycles. The number of carbonyl (C=O) groups excluding carboxylic acids is 4. The lowest BCUT2D eigenvalue weighted by atomic mass is 10.1. The minimum Gasteiger partial charge on any atom is -0.457 e. The summed E-state index contributed by atoms with van der Waals surface area (Å²) in [5.74, 6) is 5.25. The number of nitrogen functional groups attached to an aromatic ring is 2. The van der Waals surface area contributed by atoms with E-state index in [1.807, 2.05) is 86.6 Å². The van der Waals surface area contributed by atoms with Crippen LogP contribution in [0.3, 0.4) is 0 Å². The number of nitrogens with zero attached hydrogens (tertiary/aromatic N) is 2. The van der Waals surface area contributed by atoms with Crippen LogP contribution in [0.15, 0.2) is 182 Å². The highest BCUT2D eigenvalue weighted by Gasteiger charge is 2.19. The van der Waals surface area contributed by atoms with Crippen molar-refractivity contribution >= 4 is 47.6 Å². The van der Waals surface area contributed by atoms with Gasteiger partial charge in [0.25, 0.3) is 5.91 Å². The molecule has 0 heterocycles. The van der Waals surface area contributed by atoms with Gasteiger partial charge in [0.2, 0.25) is 6.41 Å². The Morgan fingerprint density at radius 1 is 0.429 bits per heavy atom. The summed E-state index contributed by atoms with van der Waals surface area (Å²) >= 11 is 0. The van der Waals surface area contributed by atoms with E-state index in [1.54, 1.807) is 118 Å². The van der Waals surface area contributed by atoms with Crippen LogP contribution in [0.2, 0.25) is 0 Å². The molecule has 4 N–H and O–H groups in total. The molecule has 0 aromatic heterocycles. The molecule has 0 saturated carbocycles. The SMILES string of the molecule is CC.CN(C=O)c1cccc(Oc2cccc(Oc3cccc(N)c3)c2)c1.Cc1cc(Oc2ccc(C=O)c(C(=O)N(C)c3cccc(Oc4cccc(Oc5cccc(N)c5)c4)c3)c2)ccc1C=O. The Kier molecular flexibility index (Phi) is 17.5. The summed E-state index contributed by atoms with van der Waals surface area (Å²) in [7, 11) is 3.30. The molecule has 0 atom stereocenters. The Labute approximate surface area is 407 Å². The molecule has 0 radical (unpaired) electrons. The van der Waals surface area contributed by atoms with Gasteiger partial charge in [0, 0.05) is 84.4 Å². The molecule has 0 aliphatic carbocycles. The average Bonchev–Trinajstić information content (AvgIpc) is 3.37. The van der Waals surface area contributed by atoms with Crippen LogP contribution in [0.5, 0.6) is 57.5 Å². The highest BCUT2D eigenvalue weighted by Crippen LogP contribution is 2.33. The molecule has 8 aromatic carbocycles. The van der Waals surface area contributed by atoms with Crippen molar-refractivity contribution in [1.82, 2.24) is 0 Å². The topological polar surface area (TPSA) is 173 Å². The van der Waals surface area contributed by atoms with Crippen LogP contribution in [0.4, 0.5) is 22.7 Å². The van der Waals surface area contributed by atoms with Crippen LogP contribution in [0, 0.1) is 6.92 Å². The van der Waals surface area contributed by atoms with Crippen molar-refractivity contribution in [3.8, 4) is 57.5 Å². The fourth-order valence-corrected chi connectivity index (χ4v) is 6.65. The van der Waals surface area contributed by atoms with Crippen LogP contribution in [0.1, 0.15) is 50.5 Å². The third-order valence-electron chi connectivity index (χ3n) is 10.1. The predicted octanol–water partition coefficient (Wildman–Crippen LogP) is 13.3. The Balaban J connectivity index is 0.000000252. The number of amides is 2. The third-order valence-corrected chi connectivity index (χ3v) is 10.1. The van der Waals surface area contributed by atoms with Crippen LogP contribution in [0.25, 0.3) is 0 Å². The van der Waals surface area contributed by atoms with Crippen LogP contribution < -0.4 is 45.0 Å². The Morgan fingerprint density at radius 3 is 1.21 bits per heavy atom. The zero-order chi connectivity index (χ0) is 50.0. The van der Waals surface area contributed by atoms with Gasteiger partial charge >= 0.3 is 0 Å². The summed E-state index contributed by atoms with van der Waals surface area (Å²) in [5.41, 5.74) is 15.9. The second-order valence-electron chi connectivity index (χ2n) is 15.2. The van der Waals surface area contributed by atoms with E-state index in [4.69, 9.17) is 35.2 Å². The van der Waals surface area contributed by atoms with Gasteiger partial charge in [0.05, 0.1) is 5.56 Å². The number of aryl methyl sites for hydroxylation is 1. The van der Waals surface area contributed by atoms with Gasteiger partial charge in [-0.1, -0.05) is 50.2 Å². The monoisotopic (exact) mass is 936 g/mol. The largest absolute Gasteiger partial charge is 0.457 e. The molecule has 354 valence electrons. The Morgan fingerprint density at radius 2 is 0.786 bits per heavy atom. The second-order valence-corrected chi connectivity index (χ2v) is 15.2. The average molecular weight is 937 g/mol. The fourth-order valence-electron chi connectivity index (χ4n) is 6.65. The van der Waals surface area contributed by atoms with Crippen LogP contribution >= 0.6 is 0 Å². The molecular formula is C57H52N4O9. The first-order valence-electron chi connectivity index (χ1n) is 22.1. The number of anilines is 4. The van der Waals surface area contributed by atoms with Crippen molar-refractivity contribution in [2.45, 2.75) is 20.8 Å². The zero-order valence-electron chi connectivity index (χ0n) is 39.3. The number of hydrogen-bond donors (Lipinski definition) is 2. The van der Waals surface area contributed by atoms with Gasteiger partial charge in [-0.3, -0.25) is 19.2 Å². The molecule has 8 aromatic rings. The fraction of sp³-hybridized carbons (Fsp3) is 0.0877. The zero-order valence-corrected chi connectivity index (χ0v) is 39.3. The van der Waals surface area contributed by atoms with Gasteiger partial charge < -0.3 is 45.0 Å². The quantitative estimate of drug-likeness (QED) is 0.0697. The summed E-state index contributed by atoms with van der Waals surface area (Å²) in [5, 5.41) is 0. The lowest BCUT2D eigenvalue weighted by molar-refractivity contribution is -0.107. The summed E-state index contributed by atoms with van der Waals surface area (Å²) in [6.07, 6.45) is 2.16. The van der Waals surface area contributed by atoms with Crippen molar-refractivity contribution in [1.29, 1.82) is 0 Å². The first-order valence-corrected chi connectivity index (χ1v) is 22.1. The van der Waals surface area contributed by atoms with Crippen molar-refractivity contribution in [2.24, 2.45) is 0 Å². The summed E-state index contributed by atoms with van der Waals surface area (Å²) in [6.45, 7) is 5.81. The normalized spacial score (nSPS) is 10.1. The van der Waals surface area contributed by atoms with Crippen molar-refractivity contribution in [3.63, 3.8) is 0 Å². The molecule has 13 heteroatoms. The maximum absolute atomic E-state index is 13.6. The van der Waals surface area contributed by atoms with Gasteiger partial charge in [-0.05, 0) is 122 Å². The molecular weight excluding hydrogens is 885 g/mol. The summed E-state index contributed by atoms with van der Waals surface area (Å²) in [6, 6.07) is 52.9. The summed E-state index contributed by atoms with van der Waals surface area (Å²) in [4.78, 5) is 50.3. The molecule has 8 rings (SSSR count). The molecule has 0 aliphatic rings. The van der Waals surface area contributed by atoms with E-state index in [0.29, 0.717) is 86.4 Å². The smallest absolute Gasteiger partial charge is 0.258 e. The van der Waals surface area contributed by atoms with E-state index in [2.05, 4.69) is 0 Å². The maximum Gasteiger partial charge on any atom is 0.258 e. The minimum absolute atomic E-state index is 0.175. The molecule has 2 amide bonds. The van der Waals surface area contributed by atoms with Crippen LogP contribution in [-0.2, 0) is 4.79 Å². The predicted molar refractivity (Wildman–Crippen MR) is 275 cm³/mol. The molecule has 13 nitrogen and oxygen atoms in total. The number of rotatable bonds is 16. The molecule has 0 fully saturated rings. The highest BCUT2D eigenvalue weighted by atomic mass is 16.5. The summed E-state index contributed by atoms with van der Waals surface area (Å²) < 4.78 is 29.6. The molecule has 70 heavy (non-hydrogen) atoms. The number of nitrogens with two attached hydrogens (primary N) is 2. The van der Waals surface area contributed by atoms with E-state index >= 15 is 0 Å². The number of ether oxygens (including phenoxy) is 5. The van der Waals surface area contributed by atoms with E-state index in [1.165, 1.54) is 21.9 Å². The lowest BCUT2D eigenvalue weighted by Gasteiger charge is -2.20. The van der Waals surface area contributed by atoms with E-state index in [0.717, 1.165) is 23.9 Å². The van der Waals surface area contributed by atoms with Crippen LogP contribution in [-0.4, -0.2) is 39.0 Å². The Bertz CT molecular complexity index is 3080. The van der Waals surface area contributed by atoms with Crippen molar-refractivity contribution in [3.05, 3.63) is 204 Å². The number of carbonyl (C=O) groups is 4. The highest BCUT2D eigenvalue weighted by molar-refractivity contribution is 6.10. The molecule has 0 spiro atoms. The third kappa shape index (κ3) is 13.8. The van der Waals surface area contributed by atoms with E-state index in [9.17, 15) is 19.2 Å².